The van der Waals surface area contributed by atoms with Crippen LogP contribution < -0.4 is 82.3 Å². The van der Waals surface area contributed by atoms with Crippen molar-refractivity contribution < 1.29 is 129 Å². The Kier molecular flexibility index (Phi) is 36.2. The van der Waals surface area contributed by atoms with Crippen LogP contribution in [-0.4, -0.2) is 278 Å². The second kappa shape index (κ2) is 43.5. The number of rotatable bonds is 46. The number of nitrogens with zero attached hydrogens (tertiary/aromatic N) is 7. The minimum Gasteiger partial charge on any atom is -0.481 e. The van der Waals surface area contributed by atoms with E-state index in [4.69, 9.17) is 44.2 Å². The van der Waals surface area contributed by atoms with Gasteiger partial charge in [-0.3, -0.25) is 71.8 Å². The van der Waals surface area contributed by atoms with Gasteiger partial charge in [0.25, 0.3) is 0 Å². The van der Waals surface area contributed by atoms with Crippen LogP contribution in [0.25, 0.3) is 11.2 Å². The Hall–Kier alpha value is -9.49. The molecule has 0 aliphatic carbocycles. The molecule has 5 rings (SSSR count). The lowest BCUT2D eigenvalue weighted by molar-refractivity contribution is -0.142. The lowest BCUT2D eigenvalue weighted by Crippen LogP contribution is -2.64. The standard InChI is InChI=1S/C59H93N22O27P3S/c1-28(49(91)73-32(23-82)15-16-41(87)88)72-51(93)35(20-31-10-5-4-6-11-31)76-52(94)36(22-68-40(86)25-112-111(103,104)108-110(101,102)107-109(99,100)105-24-38-45(89)46(90)57(106-38)81-27-71-44-47(61)69-26-70-48(44)81)77-54(96)42(29(2)83)79-55(97)43(30(3)84)78-50(92)33(12-7-17-66-58(62)63)75-53(95)37-14-9-19-80(37)56(98)34(74-39(85)21-60)13-8-18-67-59(64)65/h4-6,10-11,23,26-30,32-38,42-43,45-46,57,83-84,89-90H,7-9,12-22,24-25,60H2,1-3H3,(H,68,86)(H,72,93)(H,73,91)(H,74,85)(H,75,95)(H,76,94)(H,77,96)(H,78,92)(H,79,97)(H,87,88)(H,99,100)(H,101,102)(H,103,104)(H2,61,69,70)(H4,62,63,66)(H4,64,65,67)/t28-,29+,30+,32-,33-,34-,35-,36-,37-,38+,42-,43-,45+,46+,57+/m0/s1. The van der Waals surface area contributed by atoms with Crippen molar-refractivity contribution in [2.24, 2.45) is 38.7 Å². The number of nitrogen functional groups attached to an aromatic ring is 1. The van der Waals surface area contributed by atoms with Crippen molar-refractivity contribution in [2.45, 2.75) is 170 Å². The van der Waals surface area contributed by atoms with Gasteiger partial charge in [-0.05, 0) is 82.7 Å². The first-order chi connectivity index (χ1) is 52.6. The third-order valence-corrected chi connectivity index (χ3v) is 22.9. The summed E-state index contributed by atoms with van der Waals surface area (Å²) in [5.74, 6) is -14.5. The third kappa shape index (κ3) is 29.6. The number of nitrogens with two attached hydrogens (primary N) is 6. The van der Waals surface area contributed by atoms with E-state index in [1.54, 1.807) is 6.07 Å². The maximum Gasteiger partial charge on any atom is 0.488 e. The van der Waals surface area contributed by atoms with Gasteiger partial charge in [0.05, 0.1) is 43.5 Å². The van der Waals surface area contributed by atoms with Gasteiger partial charge in [0.15, 0.2) is 29.6 Å². The Morgan fingerprint density at radius 2 is 1.29 bits per heavy atom. The number of imidazole rings is 1. The Labute approximate surface area is 640 Å². The highest BCUT2D eigenvalue weighted by atomic mass is 32.7. The quantitative estimate of drug-likeness (QED) is 0.00821. The molecule has 2 saturated heterocycles. The van der Waals surface area contributed by atoms with Gasteiger partial charge >= 0.3 is 28.4 Å². The van der Waals surface area contributed by atoms with Crippen molar-refractivity contribution in [3.63, 3.8) is 0 Å². The van der Waals surface area contributed by atoms with E-state index in [1.165, 1.54) is 29.2 Å². The SMILES string of the molecule is C[C@H](NC(=O)[C@H](Cc1ccccc1)NC(=O)[C@H](CNC(=O)CSP(=O)(O)OP(=O)(O)OP(=O)(O)OC[C@H]1O[C@@H](n2cnc3c(N)ncnc32)[C@H](O)[C@@H]1O)NC(=O)[C@@H](NC(=O)[C@@H](NC(=O)[C@H](CCCN=C(N)N)NC(=O)[C@@H]1CCCN1C(=O)[C@H](CCCN=C(N)N)NC(=O)CN)[C@@H](C)O)[C@@H](C)O)C(=O)N[C@H](C=O)CCC(=O)O. The van der Waals surface area contributed by atoms with E-state index in [1.807, 2.05) is 0 Å². The molecule has 0 radical (unpaired) electrons. The van der Waals surface area contributed by atoms with Crippen molar-refractivity contribution in [1.82, 2.24) is 72.3 Å². The molecule has 0 saturated carbocycles. The average Bonchev–Trinajstić information content (AvgIpc) is 1.62. The number of carboxylic acid groups (broad SMARTS) is 1. The lowest BCUT2D eigenvalue weighted by Gasteiger charge is -2.31. The number of amides is 10. The fourth-order valence-electron chi connectivity index (χ4n) is 10.9. The van der Waals surface area contributed by atoms with E-state index in [-0.39, 0.29) is 99.8 Å². The molecule has 2 aliphatic heterocycles. The molecule has 3 aromatic rings. The molecule has 2 fully saturated rings. The number of aliphatic hydroxyl groups excluding tert-OH is 4. The van der Waals surface area contributed by atoms with Crippen LogP contribution in [0.1, 0.15) is 83.9 Å². The van der Waals surface area contributed by atoms with Crippen molar-refractivity contribution >= 4 is 134 Å². The summed E-state index contributed by atoms with van der Waals surface area (Å²) in [4.78, 5) is 214. The predicted octanol–water partition coefficient (Wildman–Crippen LogP) is -8.75. The molecule has 2 aliphatic rings. The number of carboxylic acids is 1. The number of anilines is 1. The van der Waals surface area contributed by atoms with Gasteiger partial charge in [0, 0.05) is 39.0 Å². The Balaban J connectivity index is 1.36. The number of benzene rings is 1. The number of aliphatic carboxylic acids is 1. The normalized spacial score (nSPS) is 20.3. The number of carbonyl (C=O) groups excluding carboxylic acids is 11. The number of phosphoric acid groups is 2. The van der Waals surface area contributed by atoms with Crippen LogP contribution in [0.15, 0.2) is 53.0 Å². The van der Waals surface area contributed by atoms with E-state index >= 15 is 0 Å². The molecule has 0 spiro atoms. The van der Waals surface area contributed by atoms with Gasteiger partial charge in [0.2, 0.25) is 59.1 Å². The topological polar surface area (TPSA) is 791 Å². The molecule has 2 aromatic heterocycles. The van der Waals surface area contributed by atoms with Crippen molar-refractivity contribution in [1.29, 1.82) is 0 Å². The average molecular weight is 1670 g/mol. The van der Waals surface area contributed by atoms with Gasteiger partial charge in [-0.1, -0.05) is 30.3 Å². The molecule has 1 aromatic carbocycles. The number of aliphatic imine (C=N–C) groups is 2. The molecule has 29 N–H and O–H groups in total. The van der Waals surface area contributed by atoms with Crippen LogP contribution in [-0.2, 0) is 95.5 Å². The van der Waals surface area contributed by atoms with Crippen LogP contribution in [0, 0.1) is 0 Å². The summed E-state index contributed by atoms with van der Waals surface area (Å²) in [6, 6.07) is -7.47. The number of phosphoric ester groups is 1. The lowest BCUT2D eigenvalue weighted by atomic mass is 10.0. The molecule has 53 heteroatoms. The summed E-state index contributed by atoms with van der Waals surface area (Å²) in [6.45, 7) is -5.40. The summed E-state index contributed by atoms with van der Waals surface area (Å²) < 4.78 is 58.9. The van der Waals surface area contributed by atoms with Crippen molar-refractivity contribution in [3.05, 3.63) is 48.5 Å². The first-order valence-corrected chi connectivity index (χ1v) is 40.2. The summed E-state index contributed by atoms with van der Waals surface area (Å²) in [5, 5.41) is 73.5. The molecule has 10 amide bonds. The number of aldehydes is 1. The molecule has 0 bridgehead atoms. The van der Waals surface area contributed by atoms with Crippen molar-refractivity contribution in [3.8, 4) is 0 Å². The molecule has 622 valence electrons. The molecule has 112 heavy (non-hydrogen) atoms. The summed E-state index contributed by atoms with van der Waals surface area (Å²) in [6.07, 6.45) is -9.34. The number of hydrogen-bond donors (Lipinski definition) is 23. The summed E-state index contributed by atoms with van der Waals surface area (Å²) in [5.41, 5.74) is 33.6. The molecule has 4 heterocycles. The van der Waals surface area contributed by atoms with E-state index in [2.05, 4.69) is 85.9 Å². The molecule has 3 unspecified atom stereocenters. The van der Waals surface area contributed by atoms with Gasteiger partial charge in [-0.25, -0.2) is 28.6 Å². The summed E-state index contributed by atoms with van der Waals surface area (Å²) >= 11 is -0.446. The Morgan fingerprint density at radius 1 is 0.705 bits per heavy atom. The highest BCUT2D eigenvalue weighted by Gasteiger charge is 2.48. The molecular weight excluding hydrogens is 1570 g/mol. The van der Waals surface area contributed by atoms with Crippen LogP contribution in [0.5, 0.6) is 0 Å². The van der Waals surface area contributed by atoms with E-state index in [9.17, 15) is 106 Å². The number of ether oxygens (including phenoxy) is 1. The van der Waals surface area contributed by atoms with Crippen LogP contribution >= 0.6 is 33.8 Å². The van der Waals surface area contributed by atoms with Gasteiger partial charge < -0.3 is 137 Å². The van der Waals surface area contributed by atoms with Gasteiger partial charge in [0.1, 0.15) is 84.8 Å². The molecule has 49 nitrogen and oxygen atoms in total. The zero-order valence-corrected chi connectivity index (χ0v) is 63.8. The van der Waals surface area contributed by atoms with E-state index in [0.29, 0.717) is 5.56 Å². The maximum absolute atomic E-state index is 14.6. The Morgan fingerprint density at radius 3 is 1.89 bits per heavy atom. The number of carbonyl (C=O) groups is 12. The number of aromatic nitrogens is 4. The monoisotopic (exact) mass is 1670 g/mol. The van der Waals surface area contributed by atoms with Gasteiger partial charge in [-0.15, -0.1) is 0 Å². The second-order valence-electron chi connectivity index (χ2n) is 25.2. The highest BCUT2D eigenvalue weighted by Crippen LogP contribution is 2.71. The fraction of sp³-hybridized carbons (Fsp3) is 0.576. The highest BCUT2D eigenvalue weighted by molar-refractivity contribution is 8.55. The largest absolute Gasteiger partial charge is 0.488 e. The summed E-state index contributed by atoms with van der Waals surface area (Å²) in [7, 11) is -12.1. The zero-order chi connectivity index (χ0) is 83.5. The number of aliphatic hydroxyl groups is 4. The minimum atomic E-state index is -6.21. The second-order valence-corrected chi connectivity index (χ2v) is 32.3. The fourth-order valence-corrected chi connectivity index (χ4v) is 16.5. The smallest absolute Gasteiger partial charge is 0.481 e. The van der Waals surface area contributed by atoms with E-state index in [0.717, 1.165) is 38.0 Å². The third-order valence-electron chi connectivity index (χ3n) is 16.4. The Bertz CT molecular complexity index is 4030. The number of likely N-dealkylation sites (tertiary alicyclic amines) is 1. The first kappa shape index (κ1) is 93.1. The van der Waals surface area contributed by atoms with Crippen molar-refractivity contribution in [2.75, 3.05) is 50.8 Å². The molecular formula is C59H93N22O27P3S. The number of fused-ring (bicyclic) bond motifs is 1. The number of nitrogens with one attached hydrogen (secondary N) is 9. The van der Waals surface area contributed by atoms with Crippen LogP contribution in [0.4, 0.5) is 5.82 Å². The van der Waals surface area contributed by atoms with Crippen LogP contribution in [0.3, 0.4) is 0 Å². The van der Waals surface area contributed by atoms with Gasteiger partial charge in [-0.2, -0.15) is 8.62 Å². The number of hydrogen-bond acceptors (Lipinski definition) is 31. The van der Waals surface area contributed by atoms with E-state index < -0.39 is 228 Å². The molecule has 18 atom stereocenters. The first-order valence-electron chi connectivity index (χ1n) is 34.1. The number of guanidine groups is 2. The maximum atomic E-state index is 14.6. The van der Waals surface area contributed by atoms with Crippen LogP contribution in [0.2, 0.25) is 0 Å². The zero-order valence-electron chi connectivity index (χ0n) is 60.3. The predicted molar refractivity (Wildman–Crippen MR) is 390 cm³/mol. The minimum absolute atomic E-state index is 0.00519.